The Balaban J connectivity index is 1.80. The molecule has 14 heteroatoms. The van der Waals surface area contributed by atoms with Crippen molar-refractivity contribution >= 4 is 62.9 Å². The molecule has 1 saturated heterocycles. The van der Waals surface area contributed by atoms with Crippen LogP contribution in [0.2, 0.25) is 0 Å². The number of esters is 1. The van der Waals surface area contributed by atoms with Crippen molar-refractivity contribution in [3.63, 3.8) is 0 Å². The lowest BCUT2D eigenvalue weighted by Gasteiger charge is -2.50. The standard InChI is InChI=1S/C17H24N6O4S4/c1-17(2,3)27-15(26)12-9(7-30-16-19-20-21-22(16)4)6-29-14-11(13(25)23(12)14)18-10(24)8-31-28-5/h11,14H,6-8H2,1-5H3,(H,18,24)/t11?,14-/m1/s1. The highest BCUT2D eigenvalue weighted by Gasteiger charge is 2.54. The van der Waals surface area contributed by atoms with Gasteiger partial charge in [-0.3, -0.25) is 14.5 Å². The minimum absolute atomic E-state index is 0.197. The number of nitrogens with zero attached hydrogens (tertiary/aromatic N) is 5. The Hall–Kier alpha value is -1.38. The van der Waals surface area contributed by atoms with Crippen LogP contribution in [-0.2, 0) is 26.2 Å². The average molecular weight is 505 g/mol. The van der Waals surface area contributed by atoms with Crippen LogP contribution in [0.5, 0.6) is 0 Å². The number of β-lactam (4-membered cyclic amide) rings is 1. The first-order valence-corrected chi connectivity index (χ1v) is 14.1. The van der Waals surface area contributed by atoms with Gasteiger partial charge < -0.3 is 10.1 Å². The molecule has 1 fully saturated rings. The topological polar surface area (TPSA) is 119 Å². The summed E-state index contributed by atoms with van der Waals surface area (Å²) in [7, 11) is 4.64. The average Bonchev–Trinajstić information content (AvgIpc) is 3.11. The minimum atomic E-state index is -0.702. The Kier molecular flexibility index (Phi) is 7.86. The molecule has 10 nitrogen and oxygen atoms in total. The maximum absolute atomic E-state index is 13.0. The van der Waals surface area contributed by atoms with Crippen molar-refractivity contribution < 1.29 is 19.1 Å². The van der Waals surface area contributed by atoms with Crippen LogP contribution >= 0.6 is 45.1 Å². The maximum Gasteiger partial charge on any atom is 0.355 e. The van der Waals surface area contributed by atoms with E-state index in [1.54, 1.807) is 32.5 Å². The van der Waals surface area contributed by atoms with Crippen LogP contribution in [0.3, 0.4) is 0 Å². The third kappa shape index (κ3) is 5.71. The number of hydrogen-bond donors (Lipinski definition) is 1. The van der Waals surface area contributed by atoms with E-state index in [-0.39, 0.29) is 28.6 Å². The SMILES string of the molecule is CSSCC(=O)NC1C(=O)N2C(C(=O)OC(C)(C)C)=C(CSc3nnnn3C)CS[C@H]12. The van der Waals surface area contributed by atoms with Crippen molar-refractivity contribution in [2.45, 2.75) is 42.9 Å². The summed E-state index contributed by atoms with van der Waals surface area (Å²) >= 11 is 2.90. The van der Waals surface area contributed by atoms with Gasteiger partial charge in [0.05, 0.1) is 5.75 Å². The van der Waals surface area contributed by atoms with Crippen LogP contribution in [0.4, 0.5) is 0 Å². The summed E-state index contributed by atoms with van der Waals surface area (Å²) in [6.45, 7) is 5.35. The Bertz CT molecular complexity index is 899. The Morgan fingerprint density at radius 2 is 2.10 bits per heavy atom. The molecule has 3 heterocycles. The van der Waals surface area contributed by atoms with Gasteiger partial charge in [0.2, 0.25) is 11.1 Å². The third-order valence-electron chi connectivity index (χ3n) is 4.22. The van der Waals surface area contributed by atoms with Crippen molar-refractivity contribution in [3.8, 4) is 0 Å². The molecule has 2 aliphatic rings. The predicted octanol–water partition coefficient (Wildman–Crippen LogP) is 1.31. The fourth-order valence-electron chi connectivity index (χ4n) is 2.93. The summed E-state index contributed by atoms with van der Waals surface area (Å²) in [6.07, 6.45) is 1.89. The molecule has 170 valence electrons. The summed E-state index contributed by atoms with van der Waals surface area (Å²) in [5.74, 6) is 0.201. The number of thioether (sulfide) groups is 2. The molecule has 0 aromatic carbocycles. The number of carbonyl (C=O) groups excluding carboxylic acids is 3. The molecular weight excluding hydrogens is 480 g/mol. The van der Waals surface area contributed by atoms with E-state index in [4.69, 9.17) is 4.74 Å². The highest BCUT2D eigenvalue weighted by Crippen LogP contribution is 2.42. The second-order valence-electron chi connectivity index (χ2n) is 7.71. The van der Waals surface area contributed by atoms with Crippen LogP contribution in [0.25, 0.3) is 0 Å². The molecule has 31 heavy (non-hydrogen) atoms. The second-order valence-corrected chi connectivity index (χ2v) is 12.3. The normalized spacial score (nSPS) is 20.9. The zero-order valence-corrected chi connectivity index (χ0v) is 21.0. The summed E-state index contributed by atoms with van der Waals surface area (Å²) in [5.41, 5.74) is 0.335. The molecule has 0 bridgehead atoms. The quantitative estimate of drug-likeness (QED) is 0.239. The molecule has 1 aromatic heterocycles. The van der Waals surface area contributed by atoms with E-state index in [0.717, 1.165) is 5.57 Å². The zero-order chi connectivity index (χ0) is 22.8. The van der Waals surface area contributed by atoms with E-state index in [1.165, 1.54) is 50.0 Å². The number of aromatic nitrogens is 4. The Labute approximate surface area is 196 Å². The molecule has 0 spiro atoms. The van der Waals surface area contributed by atoms with Gasteiger partial charge in [-0.1, -0.05) is 33.3 Å². The number of ether oxygens (including phenoxy) is 1. The van der Waals surface area contributed by atoms with E-state index < -0.39 is 17.6 Å². The first-order chi connectivity index (χ1) is 14.6. The second kappa shape index (κ2) is 10.0. The van der Waals surface area contributed by atoms with E-state index >= 15 is 0 Å². The number of hydrogen-bond acceptors (Lipinski definition) is 11. The summed E-state index contributed by atoms with van der Waals surface area (Å²) in [6, 6.07) is -0.644. The van der Waals surface area contributed by atoms with Crippen LogP contribution in [-0.4, -0.2) is 83.4 Å². The predicted molar refractivity (Wildman–Crippen MR) is 123 cm³/mol. The summed E-state index contributed by atoms with van der Waals surface area (Å²) in [5, 5.41) is 14.4. The van der Waals surface area contributed by atoms with Gasteiger partial charge in [-0.15, -0.1) is 16.9 Å². The molecule has 2 atom stereocenters. The van der Waals surface area contributed by atoms with Gasteiger partial charge in [0, 0.05) is 18.6 Å². The van der Waals surface area contributed by atoms with Gasteiger partial charge in [-0.05, 0) is 43.0 Å². The summed E-state index contributed by atoms with van der Waals surface area (Å²) < 4.78 is 7.14. The molecule has 0 aliphatic carbocycles. The van der Waals surface area contributed by atoms with Gasteiger partial charge >= 0.3 is 5.97 Å². The van der Waals surface area contributed by atoms with Gasteiger partial charge in [0.15, 0.2) is 0 Å². The molecule has 1 aromatic rings. The molecule has 1 unspecified atom stereocenters. The molecule has 3 rings (SSSR count). The van der Waals surface area contributed by atoms with E-state index in [0.29, 0.717) is 16.7 Å². The first kappa shape index (κ1) is 24.3. The largest absolute Gasteiger partial charge is 0.455 e. The molecular formula is C17H24N6O4S4. The van der Waals surface area contributed by atoms with E-state index in [2.05, 4.69) is 20.8 Å². The van der Waals surface area contributed by atoms with Crippen molar-refractivity contribution in [2.75, 3.05) is 23.5 Å². The summed E-state index contributed by atoms with van der Waals surface area (Å²) in [4.78, 5) is 39.5. The fourth-order valence-corrected chi connectivity index (χ4v) is 6.25. The van der Waals surface area contributed by atoms with Gasteiger partial charge in [-0.2, -0.15) is 0 Å². The minimum Gasteiger partial charge on any atom is -0.455 e. The molecule has 1 N–H and O–H groups in total. The lowest BCUT2D eigenvalue weighted by molar-refractivity contribution is -0.158. The van der Waals surface area contributed by atoms with Gasteiger partial charge in [-0.25, -0.2) is 9.48 Å². The number of carbonyl (C=O) groups is 3. The van der Waals surface area contributed by atoms with E-state index in [9.17, 15) is 14.4 Å². The Morgan fingerprint density at radius 3 is 2.71 bits per heavy atom. The fraction of sp³-hybridized carbons (Fsp3) is 0.647. The van der Waals surface area contributed by atoms with Crippen molar-refractivity contribution in [3.05, 3.63) is 11.3 Å². The molecule has 2 aliphatic heterocycles. The van der Waals surface area contributed by atoms with Crippen molar-refractivity contribution in [2.24, 2.45) is 7.05 Å². The van der Waals surface area contributed by atoms with Crippen molar-refractivity contribution in [1.82, 2.24) is 30.4 Å². The van der Waals surface area contributed by atoms with Crippen LogP contribution in [0.1, 0.15) is 20.8 Å². The maximum atomic E-state index is 13.0. The molecule has 2 amide bonds. The van der Waals surface area contributed by atoms with Crippen LogP contribution in [0.15, 0.2) is 16.4 Å². The number of aryl methyl sites for hydroxylation is 1. The molecule has 0 radical (unpaired) electrons. The lowest BCUT2D eigenvalue weighted by Crippen LogP contribution is -2.70. The highest BCUT2D eigenvalue weighted by molar-refractivity contribution is 8.76. The van der Waals surface area contributed by atoms with Crippen LogP contribution < -0.4 is 5.32 Å². The number of fused-ring (bicyclic) bond motifs is 1. The lowest BCUT2D eigenvalue weighted by atomic mass is 10.0. The smallest absolute Gasteiger partial charge is 0.355 e. The number of nitrogens with one attached hydrogen (secondary N) is 1. The number of tetrazole rings is 1. The van der Waals surface area contributed by atoms with Crippen LogP contribution in [0, 0.1) is 0 Å². The molecule has 0 saturated carbocycles. The zero-order valence-electron chi connectivity index (χ0n) is 17.8. The monoisotopic (exact) mass is 504 g/mol. The van der Waals surface area contributed by atoms with E-state index in [1.807, 2.05) is 6.26 Å². The third-order valence-corrected chi connectivity index (χ3v) is 8.33. The number of amides is 2. The number of rotatable bonds is 8. The first-order valence-electron chi connectivity index (χ1n) is 9.32. The Morgan fingerprint density at radius 1 is 1.35 bits per heavy atom. The van der Waals surface area contributed by atoms with Gasteiger partial charge in [0.1, 0.15) is 22.7 Å². The van der Waals surface area contributed by atoms with Gasteiger partial charge in [0.25, 0.3) is 5.91 Å². The highest BCUT2D eigenvalue weighted by atomic mass is 33.1. The van der Waals surface area contributed by atoms with Crippen molar-refractivity contribution in [1.29, 1.82) is 0 Å².